The molecule has 0 radical (unpaired) electrons. The van der Waals surface area contributed by atoms with Gasteiger partial charge in [0.05, 0.1) is 31.0 Å². The van der Waals surface area contributed by atoms with Crippen LogP contribution in [0.1, 0.15) is 27.1 Å². The van der Waals surface area contributed by atoms with E-state index in [4.69, 9.17) is 4.74 Å². The van der Waals surface area contributed by atoms with Gasteiger partial charge in [0, 0.05) is 30.9 Å². The maximum atomic E-state index is 13.1. The van der Waals surface area contributed by atoms with Crippen molar-refractivity contribution in [2.75, 3.05) is 70.7 Å². The zero-order valence-corrected chi connectivity index (χ0v) is 23.1. The fraction of sp³-hybridized carbons (Fsp3) is 0.323. The van der Waals surface area contributed by atoms with Gasteiger partial charge in [0.15, 0.2) is 0 Å². The van der Waals surface area contributed by atoms with Crippen molar-refractivity contribution in [2.45, 2.75) is 6.42 Å². The first-order valence-corrected chi connectivity index (χ1v) is 13.5. The lowest BCUT2D eigenvalue weighted by Gasteiger charge is -2.26. The van der Waals surface area contributed by atoms with Crippen LogP contribution in [0.25, 0.3) is 11.1 Å². The van der Waals surface area contributed by atoms with E-state index < -0.39 is 0 Å². The van der Waals surface area contributed by atoms with Gasteiger partial charge in [-0.1, -0.05) is 42.5 Å². The summed E-state index contributed by atoms with van der Waals surface area (Å²) in [5.74, 6) is -0.893. The Morgan fingerprint density at radius 1 is 0.850 bits per heavy atom. The van der Waals surface area contributed by atoms with E-state index in [9.17, 15) is 14.4 Å². The molecule has 1 heterocycles. The molecule has 210 valence electrons. The highest BCUT2D eigenvalue weighted by Crippen LogP contribution is 2.23. The molecular formula is C31H37N5O4. The third-order valence-corrected chi connectivity index (χ3v) is 6.59. The first-order valence-electron chi connectivity index (χ1n) is 13.5. The number of carbonyl (C=O) groups is 3. The molecule has 40 heavy (non-hydrogen) atoms. The van der Waals surface area contributed by atoms with E-state index in [2.05, 4.69) is 16.0 Å². The molecule has 0 bridgehead atoms. The van der Waals surface area contributed by atoms with Crippen molar-refractivity contribution in [1.82, 2.24) is 15.1 Å². The van der Waals surface area contributed by atoms with Crippen molar-refractivity contribution < 1.29 is 19.1 Å². The predicted octanol–water partition coefficient (Wildman–Crippen LogP) is 3.56. The SMILES string of the molecule is CN(C)CCCNC(=O)c1ccc(C(=O)Nc2ccc(-c3ccccc3)cc2)cc1NC(=O)CN1CCOCC1. The lowest BCUT2D eigenvalue weighted by molar-refractivity contribution is -0.118. The zero-order chi connectivity index (χ0) is 28.3. The summed E-state index contributed by atoms with van der Waals surface area (Å²) in [5.41, 5.74) is 3.72. The van der Waals surface area contributed by atoms with Gasteiger partial charge in [-0.25, -0.2) is 0 Å². The number of nitrogens with one attached hydrogen (secondary N) is 3. The maximum absolute atomic E-state index is 13.1. The van der Waals surface area contributed by atoms with Gasteiger partial charge in [0.1, 0.15) is 0 Å². The minimum atomic E-state index is -0.339. The van der Waals surface area contributed by atoms with E-state index >= 15 is 0 Å². The van der Waals surface area contributed by atoms with Crippen LogP contribution in [-0.2, 0) is 9.53 Å². The molecule has 9 nitrogen and oxygen atoms in total. The van der Waals surface area contributed by atoms with Crippen LogP contribution in [0.4, 0.5) is 11.4 Å². The number of amides is 3. The first kappa shape index (κ1) is 28.9. The van der Waals surface area contributed by atoms with Crippen LogP contribution >= 0.6 is 0 Å². The summed E-state index contributed by atoms with van der Waals surface area (Å²) >= 11 is 0. The summed E-state index contributed by atoms with van der Waals surface area (Å²) in [6, 6.07) is 22.3. The van der Waals surface area contributed by atoms with Crippen molar-refractivity contribution >= 4 is 29.1 Å². The summed E-state index contributed by atoms with van der Waals surface area (Å²) < 4.78 is 5.36. The molecule has 0 spiro atoms. The van der Waals surface area contributed by atoms with Gasteiger partial charge < -0.3 is 25.6 Å². The van der Waals surface area contributed by atoms with E-state index in [-0.39, 0.29) is 24.3 Å². The minimum absolute atomic E-state index is 0.178. The summed E-state index contributed by atoms with van der Waals surface area (Å²) in [4.78, 5) is 43.1. The van der Waals surface area contributed by atoms with Crippen LogP contribution < -0.4 is 16.0 Å². The normalized spacial score (nSPS) is 13.6. The van der Waals surface area contributed by atoms with Gasteiger partial charge in [-0.05, 0) is 68.5 Å². The highest BCUT2D eigenvalue weighted by molar-refractivity contribution is 6.09. The van der Waals surface area contributed by atoms with Crippen molar-refractivity contribution in [3.8, 4) is 11.1 Å². The molecule has 3 N–H and O–H groups in total. The Labute approximate surface area is 235 Å². The van der Waals surface area contributed by atoms with Gasteiger partial charge in [-0.3, -0.25) is 19.3 Å². The van der Waals surface area contributed by atoms with Crippen molar-refractivity contribution in [2.24, 2.45) is 0 Å². The highest BCUT2D eigenvalue weighted by atomic mass is 16.5. The molecule has 1 aliphatic heterocycles. The van der Waals surface area contributed by atoms with Crippen molar-refractivity contribution in [3.63, 3.8) is 0 Å². The standard InChI is InChI=1S/C31H37N5O4/c1-35(2)16-6-15-32-31(39)27-14-11-25(21-28(27)34-29(37)22-36-17-19-40-20-18-36)30(38)33-26-12-9-24(10-13-26)23-7-4-3-5-8-23/h3-5,7-14,21H,6,15-20,22H2,1-2H3,(H,32,39)(H,33,38)(H,34,37). The van der Waals surface area contributed by atoms with Crippen LogP contribution in [0.5, 0.6) is 0 Å². The minimum Gasteiger partial charge on any atom is -0.379 e. The van der Waals surface area contributed by atoms with Crippen LogP contribution in [0, 0.1) is 0 Å². The molecule has 0 atom stereocenters. The Morgan fingerprint density at radius 3 is 2.25 bits per heavy atom. The van der Waals surface area contributed by atoms with E-state index in [1.54, 1.807) is 18.2 Å². The number of anilines is 2. The second-order valence-electron chi connectivity index (χ2n) is 10.0. The van der Waals surface area contributed by atoms with Gasteiger partial charge in [0.25, 0.3) is 11.8 Å². The lowest BCUT2D eigenvalue weighted by Crippen LogP contribution is -2.41. The molecule has 0 aliphatic carbocycles. The Morgan fingerprint density at radius 2 is 1.55 bits per heavy atom. The predicted molar refractivity (Wildman–Crippen MR) is 158 cm³/mol. The van der Waals surface area contributed by atoms with Crippen molar-refractivity contribution in [1.29, 1.82) is 0 Å². The number of carbonyl (C=O) groups excluding carboxylic acids is 3. The third-order valence-electron chi connectivity index (χ3n) is 6.59. The smallest absolute Gasteiger partial charge is 0.255 e. The molecular weight excluding hydrogens is 506 g/mol. The highest BCUT2D eigenvalue weighted by Gasteiger charge is 2.19. The second kappa shape index (κ2) is 14.4. The molecule has 3 aromatic carbocycles. The lowest BCUT2D eigenvalue weighted by atomic mass is 10.1. The largest absolute Gasteiger partial charge is 0.379 e. The van der Waals surface area contributed by atoms with E-state index in [1.165, 1.54) is 0 Å². The fourth-order valence-corrected chi connectivity index (χ4v) is 4.41. The van der Waals surface area contributed by atoms with Crippen LogP contribution in [0.2, 0.25) is 0 Å². The van der Waals surface area contributed by atoms with Crippen molar-refractivity contribution in [3.05, 3.63) is 83.9 Å². The summed E-state index contributed by atoms with van der Waals surface area (Å²) in [6.45, 7) is 4.01. The molecule has 3 amide bonds. The van der Waals surface area contributed by atoms with E-state index in [1.807, 2.05) is 78.5 Å². The van der Waals surface area contributed by atoms with Crippen LogP contribution in [-0.4, -0.2) is 87.6 Å². The molecule has 1 saturated heterocycles. The maximum Gasteiger partial charge on any atom is 0.255 e. The van der Waals surface area contributed by atoms with Gasteiger partial charge >= 0.3 is 0 Å². The Hall–Kier alpha value is -4.05. The van der Waals surface area contributed by atoms with Gasteiger partial charge in [-0.2, -0.15) is 0 Å². The summed E-state index contributed by atoms with van der Waals surface area (Å²) in [6.07, 6.45) is 0.793. The van der Waals surface area contributed by atoms with Crippen LogP contribution in [0.15, 0.2) is 72.8 Å². The van der Waals surface area contributed by atoms with E-state index in [0.717, 1.165) is 24.1 Å². The molecule has 0 unspecified atom stereocenters. The number of rotatable bonds is 11. The Balaban J connectivity index is 1.47. The number of benzene rings is 3. The first-order chi connectivity index (χ1) is 19.4. The molecule has 9 heteroatoms. The molecule has 0 saturated carbocycles. The number of hydrogen-bond acceptors (Lipinski definition) is 6. The zero-order valence-electron chi connectivity index (χ0n) is 23.1. The Bertz CT molecular complexity index is 1290. The van der Waals surface area contributed by atoms with Gasteiger partial charge in [0.2, 0.25) is 5.91 Å². The second-order valence-corrected chi connectivity index (χ2v) is 10.0. The topological polar surface area (TPSA) is 103 Å². The molecule has 3 aromatic rings. The molecule has 4 rings (SSSR count). The number of nitrogens with zero attached hydrogens (tertiary/aromatic N) is 2. The number of ether oxygens (including phenoxy) is 1. The van der Waals surface area contributed by atoms with Gasteiger partial charge in [-0.15, -0.1) is 0 Å². The monoisotopic (exact) mass is 543 g/mol. The summed E-state index contributed by atoms with van der Waals surface area (Å²) in [7, 11) is 3.96. The summed E-state index contributed by atoms with van der Waals surface area (Å²) in [5, 5.41) is 8.68. The number of hydrogen-bond donors (Lipinski definition) is 3. The average molecular weight is 544 g/mol. The van der Waals surface area contributed by atoms with Crippen LogP contribution in [0.3, 0.4) is 0 Å². The average Bonchev–Trinajstić information content (AvgIpc) is 2.96. The number of morpholine rings is 1. The Kier molecular flexibility index (Phi) is 10.4. The quantitative estimate of drug-likeness (QED) is 0.320. The third kappa shape index (κ3) is 8.47. The molecule has 1 aliphatic rings. The molecule has 0 aromatic heterocycles. The molecule has 1 fully saturated rings. The fourth-order valence-electron chi connectivity index (χ4n) is 4.41. The van der Waals surface area contributed by atoms with E-state index in [0.29, 0.717) is 55.3 Å².